The van der Waals surface area contributed by atoms with E-state index in [2.05, 4.69) is 16.0 Å². The molecule has 0 bridgehead atoms. The molecule has 0 spiro atoms. The summed E-state index contributed by atoms with van der Waals surface area (Å²) in [5.74, 6) is -4.35. The maximum absolute atomic E-state index is 12.8. The van der Waals surface area contributed by atoms with Gasteiger partial charge >= 0.3 is 5.97 Å². The quantitative estimate of drug-likeness (QED) is 0.115. The Bertz CT molecular complexity index is 882. The number of aliphatic hydroxyl groups excluding tert-OH is 3. The number of carbonyl (C=O) groups excluding carboxylic acids is 4. The Labute approximate surface area is 225 Å². The van der Waals surface area contributed by atoms with E-state index >= 15 is 0 Å². The maximum atomic E-state index is 12.8. The lowest BCUT2D eigenvalue weighted by atomic mass is 9.88. The third kappa shape index (κ3) is 9.39. The molecule has 1 saturated heterocycles. The van der Waals surface area contributed by atoms with Crippen molar-refractivity contribution in [2.75, 3.05) is 6.61 Å². The number of primary amides is 1. The van der Waals surface area contributed by atoms with Gasteiger partial charge in [-0.05, 0) is 33.1 Å². The van der Waals surface area contributed by atoms with Crippen molar-refractivity contribution in [2.24, 2.45) is 11.7 Å². The first-order valence-corrected chi connectivity index (χ1v) is 13.1. The first kappa shape index (κ1) is 32.4. The minimum Gasteiger partial charge on any atom is -0.481 e. The molecule has 0 aromatic carbocycles. The minimum absolute atomic E-state index is 0.236. The van der Waals surface area contributed by atoms with Gasteiger partial charge in [0.1, 0.15) is 42.5 Å². The molecule has 4 amide bonds. The summed E-state index contributed by atoms with van der Waals surface area (Å²) in [5, 5.41) is 46.9. The number of rotatable bonds is 13. The molecule has 15 nitrogen and oxygen atoms in total. The molecule has 15 heteroatoms. The van der Waals surface area contributed by atoms with Crippen LogP contribution in [0.25, 0.3) is 0 Å². The lowest BCUT2D eigenvalue weighted by molar-refractivity contribution is -0.266. The maximum Gasteiger partial charge on any atom is 0.303 e. The summed E-state index contributed by atoms with van der Waals surface area (Å²) in [6.45, 7) is 1.97. The lowest BCUT2D eigenvalue weighted by Crippen LogP contribution is -2.66. The lowest BCUT2D eigenvalue weighted by Gasteiger charge is -2.43. The molecule has 0 aromatic rings. The van der Waals surface area contributed by atoms with E-state index in [1.54, 1.807) is 0 Å². The van der Waals surface area contributed by atoms with Crippen molar-refractivity contribution in [1.82, 2.24) is 16.0 Å². The highest BCUT2D eigenvalue weighted by Crippen LogP contribution is 2.27. The van der Waals surface area contributed by atoms with Crippen LogP contribution >= 0.6 is 0 Å². The fourth-order valence-electron chi connectivity index (χ4n) is 4.59. The standard InChI is InChI=1S/C24H40N4O11/c1-11(21(34)27-14(20(25)33)8-9-16(30)31)26-22(35)12(2)38-19-17(24(37)39-15(10-29)18(19)32)28-23(36)13-6-4-3-5-7-13/h11-15,17-19,24,29,32,37H,3-10H2,1-2H3,(H2,25,33)(H,26,35)(H,27,34)(H,28,36)(H,30,31)/t11-,12+,14+,15+,17+,18+,19+,24?/m0/s1. The van der Waals surface area contributed by atoms with Crippen molar-refractivity contribution in [3.63, 3.8) is 0 Å². The summed E-state index contributed by atoms with van der Waals surface area (Å²) in [6, 6.07) is -3.70. The number of aliphatic carboxylic acids is 1. The molecule has 1 aliphatic heterocycles. The average molecular weight is 561 g/mol. The summed E-state index contributed by atoms with van der Waals surface area (Å²) < 4.78 is 11.0. The molecular weight excluding hydrogens is 520 g/mol. The number of ether oxygens (including phenoxy) is 2. The average Bonchev–Trinajstić information content (AvgIpc) is 2.89. The van der Waals surface area contributed by atoms with Crippen molar-refractivity contribution in [3.05, 3.63) is 0 Å². The minimum atomic E-state index is -1.64. The highest BCUT2D eigenvalue weighted by molar-refractivity contribution is 5.92. The molecule has 2 rings (SSSR count). The third-order valence-corrected chi connectivity index (χ3v) is 6.95. The van der Waals surface area contributed by atoms with E-state index in [1.807, 2.05) is 0 Å². The molecular formula is C24H40N4O11. The number of carboxylic acids is 1. The normalized spacial score (nSPS) is 28.0. The highest BCUT2D eigenvalue weighted by Gasteiger charge is 2.47. The molecule has 1 heterocycles. The summed E-state index contributed by atoms with van der Waals surface area (Å²) in [6.07, 6.45) is -3.55. The number of hydrogen-bond acceptors (Lipinski definition) is 10. The zero-order chi connectivity index (χ0) is 29.3. The van der Waals surface area contributed by atoms with Crippen LogP contribution in [-0.2, 0) is 33.4 Å². The summed E-state index contributed by atoms with van der Waals surface area (Å²) >= 11 is 0. The van der Waals surface area contributed by atoms with Gasteiger partial charge in [0.15, 0.2) is 6.29 Å². The molecule has 0 aromatic heterocycles. The van der Waals surface area contributed by atoms with Crippen LogP contribution in [0.15, 0.2) is 0 Å². The number of hydrogen-bond donors (Lipinski definition) is 8. The van der Waals surface area contributed by atoms with Gasteiger partial charge in [0.05, 0.1) is 6.61 Å². The smallest absolute Gasteiger partial charge is 0.303 e. The molecule has 2 aliphatic rings. The van der Waals surface area contributed by atoms with Crippen LogP contribution in [0.3, 0.4) is 0 Å². The Kier molecular flexibility index (Phi) is 12.5. The van der Waals surface area contributed by atoms with Crippen molar-refractivity contribution in [2.45, 2.75) is 108 Å². The largest absolute Gasteiger partial charge is 0.481 e. The van der Waals surface area contributed by atoms with E-state index in [9.17, 15) is 39.3 Å². The van der Waals surface area contributed by atoms with Crippen LogP contribution in [0.1, 0.15) is 58.8 Å². The molecule has 9 N–H and O–H groups in total. The first-order valence-electron chi connectivity index (χ1n) is 13.1. The van der Waals surface area contributed by atoms with Gasteiger partial charge in [-0.25, -0.2) is 0 Å². The van der Waals surface area contributed by atoms with E-state index in [0.717, 1.165) is 19.3 Å². The van der Waals surface area contributed by atoms with Gasteiger partial charge in [0.2, 0.25) is 23.6 Å². The molecule has 0 radical (unpaired) electrons. The van der Waals surface area contributed by atoms with Crippen LogP contribution in [0.4, 0.5) is 0 Å². The second-order valence-electron chi connectivity index (χ2n) is 9.98. The molecule has 8 atom stereocenters. The van der Waals surface area contributed by atoms with Gasteiger partial charge < -0.3 is 51.6 Å². The topological polar surface area (TPSA) is 247 Å². The second kappa shape index (κ2) is 15.1. The molecule has 1 aliphatic carbocycles. The summed E-state index contributed by atoms with van der Waals surface area (Å²) in [4.78, 5) is 60.4. The van der Waals surface area contributed by atoms with Crippen LogP contribution in [-0.4, -0.2) is 105 Å². The molecule has 39 heavy (non-hydrogen) atoms. The number of amides is 4. The SMILES string of the molecule is C[C@H](NC(=O)[C@@H](C)O[C@H]1[C@H](O)[C@@H](CO)OC(O)[C@@H]1NC(=O)C1CCCCC1)C(=O)N[C@H](CCC(=O)O)C(N)=O. The number of carboxylic acid groups (broad SMARTS) is 1. The van der Waals surface area contributed by atoms with Crippen molar-refractivity contribution < 1.29 is 53.9 Å². The van der Waals surface area contributed by atoms with Gasteiger partial charge in [-0.2, -0.15) is 0 Å². The van der Waals surface area contributed by atoms with Crippen molar-refractivity contribution >= 4 is 29.6 Å². The van der Waals surface area contributed by atoms with Crippen molar-refractivity contribution in [1.29, 1.82) is 0 Å². The fourth-order valence-corrected chi connectivity index (χ4v) is 4.59. The van der Waals surface area contributed by atoms with Gasteiger partial charge in [-0.1, -0.05) is 19.3 Å². The first-order chi connectivity index (χ1) is 18.3. The van der Waals surface area contributed by atoms with Crippen LogP contribution in [0, 0.1) is 5.92 Å². The van der Waals surface area contributed by atoms with Gasteiger partial charge in [-0.3, -0.25) is 24.0 Å². The number of nitrogens with two attached hydrogens (primary N) is 1. The van der Waals surface area contributed by atoms with E-state index < -0.39 is 85.5 Å². The summed E-state index contributed by atoms with van der Waals surface area (Å²) in [7, 11) is 0. The molecule has 1 unspecified atom stereocenters. The van der Waals surface area contributed by atoms with Crippen LogP contribution < -0.4 is 21.7 Å². The molecule has 222 valence electrons. The molecule has 2 fully saturated rings. The van der Waals surface area contributed by atoms with Crippen molar-refractivity contribution in [3.8, 4) is 0 Å². The zero-order valence-electron chi connectivity index (χ0n) is 22.1. The Balaban J connectivity index is 2.04. The zero-order valence-corrected chi connectivity index (χ0v) is 22.1. The number of nitrogens with one attached hydrogen (secondary N) is 3. The van der Waals surface area contributed by atoms with E-state index in [0.29, 0.717) is 12.8 Å². The van der Waals surface area contributed by atoms with Gasteiger partial charge in [-0.15, -0.1) is 0 Å². The summed E-state index contributed by atoms with van der Waals surface area (Å²) in [5.41, 5.74) is 5.21. The Morgan fingerprint density at radius 2 is 1.67 bits per heavy atom. The second-order valence-corrected chi connectivity index (χ2v) is 9.98. The number of carbonyl (C=O) groups is 5. The predicted molar refractivity (Wildman–Crippen MR) is 132 cm³/mol. The van der Waals surface area contributed by atoms with Crippen LogP contribution in [0.2, 0.25) is 0 Å². The fraction of sp³-hybridized carbons (Fsp3) is 0.792. The highest BCUT2D eigenvalue weighted by atomic mass is 16.6. The predicted octanol–water partition coefficient (Wildman–Crippen LogP) is -2.76. The van der Waals surface area contributed by atoms with E-state index in [4.69, 9.17) is 20.3 Å². The Morgan fingerprint density at radius 1 is 1.03 bits per heavy atom. The van der Waals surface area contributed by atoms with Gasteiger partial charge in [0, 0.05) is 12.3 Å². The number of aliphatic hydroxyl groups is 3. The van der Waals surface area contributed by atoms with Gasteiger partial charge in [0.25, 0.3) is 0 Å². The van der Waals surface area contributed by atoms with Crippen LogP contribution in [0.5, 0.6) is 0 Å². The van der Waals surface area contributed by atoms with E-state index in [1.165, 1.54) is 13.8 Å². The third-order valence-electron chi connectivity index (χ3n) is 6.95. The monoisotopic (exact) mass is 560 g/mol. The Hall–Kier alpha value is -2.85. The molecule has 1 saturated carbocycles. The van der Waals surface area contributed by atoms with E-state index in [-0.39, 0.29) is 18.2 Å². The Morgan fingerprint density at radius 3 is 2.23 bits per heavy atom.